The van der Waals surface area contributed by atoms with E-state index in [2.05, 4.69) is 4.98 Å². The summed E-state index contributed by atoms with van der Waals surface area (Å²) in [6.45, 7) is 1.80. The van der Waals surface area contributed by atoms with Crippen LogP contribution in [-0.2, 0) is 0 Å². The smallest absolute Gasteiger partial charge is 0.273 e. The molecule has 1 aromatic carbocycles. The minimum Gasteiger partial charge on any atom is -0.439 e. The summed E-state index contributed by atoms with van der Waals surface area (Å²) in [7, 11) is 0. The molecular formula is C12H11N3O3. The first-order valence-electron chi connectivity index (χ1n) is 5.20. The predicted molar refractivity (Wildman–Crippen MR) is 66.6 cm³/mol. The molecule has 2 aromatic rings. The van der Waals surface area contributed by atoms with E-state index in [1.54, 1.807) is 25.1 Å². The van der Waals surface area contributed by atoms with Gasteiger partial charge in [0.05, 0.1) is 22.9 Å². The van der Waals surface area contributed by atoms with Crippen molar-refractivity contribution in [2.75, 3.05) is 5.73 Å². The van der Waals surface area contributed by atoms with E-state index in [4.69, 9.17) is 10.5 Å². The fourth-order valence-corrected chi connectivity index (χ4v) is 1.38. The molecular weight excluding hydrogens is 234 g/mol. The molecule has 0 saturated carbocycles. The number of hydrogen-bond acceptors (Lipinski definition) is 5. The Morgan fingerprint density at radius 2 is 2.11 bits per heavy atom. The number of hydrogen-bond donors (Lipinski definition) is 1. The van der Waals surface area contributed by atoms with Crippen LogP contribution in [0.3, 0.4) is 0 Å². The van der Waals surface area contributed by atoms with Gasteiger partial charge in [-0.15, -0.1) is 0 Å². The van der Waals surface area contributed by atoms with E-state index in [1.165, 1.54) is 18.3 Å². The van der Waals surface area contributed by atoms with Crippen LogP contribution < -0.4 is 10.5 Å². The molecule has 2 rings (SSSR count). The molecule has 0 unspecified atom stereocenters. The zero-order chi connectivity index (χ0) is 13.1. The summed E-state index contributed by atoms with van der Waals surface area (Å²) in [5.74, 6) is 0.745. The fourth-order valence-electron chi connectivity index (χ4n) is 1.38. The SMILES string of the molecule is Cc1ccc([N+](=O)[O-])cc1Oc1ccc(N)cn1. The summed E-state index contributed by atoms with van der Waals surface area (Å²) in [5, 5.41) is 10.7. The molecule has 1 aromatic heterocycles. The Balaban J connectivity index is 2.30. The van der Waals surface area contributed by atoms with Crippen LogP contribution >= 0.6 is 0 Å². The highest BCUT2D eigenvalue weighted by atomic mass is 16.6. The number of aromatic nitrogens is 1. The third-order valence-corrected chi connectivity index (χ3v) is 2.36. The molecule has 2 N–H and O–H groups in total. The molecule has 0 aliphatic rings. The molecule has 6 heteroatoms. The van der Waals surface area contributed by atoms with E-state index in [0.717, 1.165) is 5.56 Å². The first-order chi connectivity index (χ1) is 8.56. The third kappa shape index (κ3) is 2.54. The highest BCUT2D eigenvalue weighted by Gasteiger charge is 2.10. The van der Waals surface area contributed by atoms with Crippen molar-refractivity contribution in [3.05, 3.63) is 52.2 Å². The topological polar surface area (TPSA) is 91.3 Å². The molecule has 6 nitrogen and oxygen atoms in total. The van der Waals surface area contributed by atoms with Crippen molar-refractivity contribution in [2.45, 2.75) is 6.92 Å². The molecule has 18 heavy (non-hydrogen) atoms. The van der Waals surface area contributed by atoms with Crippen molar-refractivity contribution in [3.63, 3.8) is 0 Å². The van der Waals surface area contributed by atoms with Gasteiger partial charge in [-0.25, -0.2) is 4.98 Å². The number of ether oxygens (including phenoxy) is 1. The maximum atomic E-state index is 10.7. The third-order valence-electron chi connectivity index (χ3n) is 2.36. The van der Waals surface area contributed by atoms with Gasteiger partial charge >= 0.3 is 0 Å². The summed E-state index contributed by atoms with van der Waals surface area (Å²) >= 11 is 0. The standard InChI is InChI=1S/C12H11N3O3/c1-8-2-4-10(15(16)17)6-11(8)18-12-5-3-9(13)7-14-12/h2-7H,13H2,1H3. The Bertz CT molecular complexity index is 582. The van der Waals surface area contributed by atoms with E-state index in [1.807, 2.05) is 0 Å². The number of nitro groups is 1. The van der Waals surface area contributed by atoms with Crippen LogP contribution in [0.1, 0.15) is 5.56 Å². The molecule has 0 radical (unpaired) electrons. The molecule has 0 fully saturated rings. The van der Waals surface area contributed by atoms with E-state index in [9.17, 15) is 10.1 Å². The zero-order valence-electron chi connectivity index (χ0n) is 9.66. The quantitative estimate of drug-likeness (QED) is 0.663. The van der Waals surface area contributed by atoms with Crippen molar-refractivity contribution in [1.29, 1.82) is 0 Å². The van der Waals surface area contributed by atoms with E-state index in [0.29, 0.717) is 17.3 Å². The zero-order valence-corrected chi connectivity index (χ0v) is 9.66. The summed E-state index contributed by atoms with van der Waals surface area (Å²) in [5.41, 5.74) is 6.80. The molecule has 0 aliphatic heterocycles. The average Bonchev–Trinajstić information content (AvgIpc) is 2.34. The summed E-state index contributed by atoms with van der Waals surface area (Å²) < 4.78 is 5.48. The van der Waals surface area contributed by atoms with Crippen molar-refractivity contribution in [2.24, 2.45) is 0 Å². The average molecular weight is 245 g/mol. The second-order valence-electron chi connectivity index (χ2n) is 3.74. The van der Waals surface area contributed by atoms with E-state index >= 15 is 0 Å². The Morgan fingerprint density at radius 3 is 2.72 bits per heavy atom. The van der Waals surface area contributed by atoms with Gasteiger partial charge in [0.2, 0.25) is 5.88 Å². The normalized spacial score (nSPS) is 10.1. The number of nitrogens with zero attached hydrogens (tertiary/aromatic N) is 2. The number of rotatable bonds is 3. The Kier molecular flexibility index (Phi) is 3.09. The highest BCUT2D eigenvalue weighted by molar-refractivity contribution is 5.45. The first kappa shape index (κ1) is 11.8. The van der Waals surface area contributed by atoms with Gasteiger partial charge in [-0.05, 0) is 24.6 Å². The van der Waals surface area contributed by atoms with Crippen LogP contribution in [-0.4, -0.2) is 9.91 Å². The second kappa shape index (κ2) is 4.70. The monoisotopic (exact) mass is 245 g/mol. The van der Waals surface area contributed by atoms with Crippen LogP contribution in [0.15, 0.2) is 36.5 Å². The van der Waals surface area contributed by atoms with Crippen molar-refractivity contribution < 1.29 is 9.66 Å². The number of pyridine rings is 1. The van der Waals surface area contributed by atoms with Crippen molar-refractivity contribution in [1.82, 2.24) is 4.98 Å². The second-order valence-corrected chi connectivity index (χ2v) is 3.74. The van der Waals surface area contributed by atoms with Gasteiger partial charge in [0.15, 0.2) is 0 Å². The number of aryl methyl sites for hydroxylation is 1. The number of nitrogen functional groups attached to an aromatic ring is 1. The largest absolute Gasteiger partial charge is 0.439 e. The first-order valence-corrected chi connectivity index (χ1v) is 5.20. The molecule has 0 amide bonds. The summed E-state index contributed by atoms with van der Waals surface area (Å²) in [6, 6.07) is 7.68. The van der Waals surface area contributed by atoms with Crippen LogP contribution in [0, 0.1) is 17.0 Å². The summed E-state index contributed by atoms with van der Waals surface area (Å²) in [6.07, 6.45) is 1.46. The van der Waals surface area contributed by atoms with Gasteiger partial charge in [-0.1, -0.05) is 0 Å². The lowest BCUT2D eigenvalue weighted by Crippen LogP contribution is -1.94. The maximum Gasteiger partial charge on any atom is 0.273 e. The maximum absolute atomic E-state index is 10.7. The number of non-ortho nitro benzene ring substituents is 1. The number of benzene rings is 1. The molecule has 92 valence electrons. The fraction of sp³-hybridized carbons (Fsp3) is 0.0833. The predicted octanol–water partition coefficient (Wildman–Crippen LogP) is 2.67. The minimum absolute atomic E-state index is 0.0222. The Hall–Kier alpha value is -2.63. The van der Waals surface area contributed by atoms with Gasteiger partial charge in [0.1, 0.15) is 5.75 Å². The van der Waals surface area contributed by atoms with Gasteiger partial charge in [-0.3, -0.25) is 10.1 Å². The molecule has 0 aliphatic carbocycles. The minimum atomic E-state index is -0.470. The van der Waals surface area contributed by atoms with Crippen molar-refractivity contribution in [3.8, 4) is 11.6 Å². The number of nitro benzene ring substituents is 1. The van der Waals surface area contributed by atoms with Gasteiger partial charge in [-0.2, -0.15) is 0 Å². The van der Waals surface area contributed by atoms with Crippen LogP contribution in [0.25, 0.3) is 0 Å². The highest BCUT2D eigenvalue weighted by Crippen LogP contribution is 2.27. The van der Waals surface area contributed by atoms with Crippen LogP contribution in [0.2, 0.25) is 0 Å². The van der Waals surface area contributed by atoms with E-state index in [-0.39, 0.29) is 5.69 Å². The molecule has 1 heterocycles. The van der Waals surface area contributed by atoms with Gasteiger partial charge in [0.25, 0.3) is 5.69 Å². The summed E-state index contributed by atoms with van der Waals surface area (Å²) in [4.78, 5) is 14.2. The Labute approximate surface area is 103 Å². The van der Waals surface area contributed by atoms with Crippen LogP contribution in [0.5, 0.6) is 11.6 Å². The number of anilines is 1. The van der Waals surface area contributed by atoms with Crippen molar-refractivity contribution >= 4 is 11.4 Å². The molecule has 0 bridgehead atoms. The lowest BCUT2D eigenvalue weighted by molar-refractivity contribution is -0.384. The number of nitrogens with two attached hydrogens (primary N) is 1. The van der Waals surface area contributed by atoms with Crippen LogP contribution in [0.4, 0.5) is 11.4 Å². The van der Waals surface area contributed by atoms with Gasteiger partial charge < -0.3 is 10.5 Å². The lowest BCUT2D eigenvalue weighted by atomic mass is 10.2. The molecule has 0 atom stereocenters. The lowest BCUT2D eigenvalue weighted by Gasteiger charge is -2.07. The molecule has 0 spiro atoms. The van der Waals surface area contributed by atoms with E-state index < -0.39 is 4.92 Å². The Morgan fingerprint density at radius 1 is 1.33 bits per heavy atom. The molecule has 0 saturated heterocycles. The van der Waals surface area contributed by atoms with Gasteiger partial charge in [0, 0.05) is 12.1 Å².